The molecule has 7 heavy (non-hydrogen) atoms. The Morgan fingerprint density at radius 1 is 1.43 bits per heavy atom. The van der Waals surface area contributed by atoms with E-state index in [2.05, 4.69) is 9.40 Å². The third-order valence-electron chi connectivity index (χ3n) is 0.347. The Bertz CT molecular complexity index is 71.4. The molecule has 0 bridgehead atoms. The molecular formula is C3H3ClNNaO. The Kier molecular flexibility index (Phi) is 9.73. The Morgan fingerprint density at radius 2 is 2.14 bits per heavy atom. The number of hydrogen-bond acceptors (Lipinski definition) is 2. The molecule has 0 aliphatic rings. The fourth-order valence-corrected chi connectivity index (χ4v) is 0.176. The van der Waals surface area contributed by atoms with Crippen molar-refractivity contribution in [1.82, 2.24) is 4.98 Å². The number of rotatable bonds is 0. The maximum absolute atomic E-state index is 4.47. The zero-order valence-corrected chi connectivity index (χ0v) is 6.72. The van der Waals surface area contributed by atoms with Gasteiger partial charge in [-0.1, -0.05) is 0 Å². The molecule has 2 nitrogen and oxygen atoms in total. The Labute approximate surface area is 70.0 Å². The monoisotopic (exact) mass is 127 g/mol. The van der Waals surface area contributed by atoms with Crippen LogP contribution in [-0.4, -0.2) is 4.98 Å². The van der Waals surface area contributed by atoms with Crippen LogP contribution in [0.1, 0.15) is 0 Å². The van der Waals surface area contributed by atoms with E-state index in [1.165, 1.54) is 12.7 Å². The summed E-state index contributed by atoms with van der Waals surface area (Å²) in [5, 5.41) is 0. The smallest absolute Gasteiger partial charge is 1.00 e. The van der Waals surface area contributed by atoms with Crippen LogP contribution in [0.2, 0.25) is 0 Å². The molecule has 1 aromatic rings. The van der Waals surface area contributed by atoms with Gasteiger partial charge in [0.1, 0.15) is 6.26 Å². The first-order valence-corrected chi connectivity index (χ1v) is 1.32. The first kappa shape index (κ1) is 10.5. The number of oxazole rings is 1. The predicted molar refractivity (Wildman–Crippen MR) is 16.5 cm³/mol. The Hall–Kier alpha value is 0.500. The second-order valence-corrected chi connectivity index (χ2v) is 0.676. The Balaban J connectivity index is 0. The van der Waals surface area contributed by atoms with E-state index in [4.69, 9.17) is 0 Å². The van der Waals surface area contributed by atoms with Gasteiger partial charge in [0.05, 0.1) is 6.20 Å². The van der Waals surface area contributed by atoms with Crippen LogP contribution in [0.4, 0.5) is 0 Å². The van der Waals surface area contributed by atoms with Gasteiger partial charge in [-0.25, -0.2) is 4.98 Å². The fourth-order valence-electron chi connectivity index (χ4n) is 0.176. The maximum Gasteiger partial charge on any atom is 1.00 e. The molecule has 0 aromatic carbocycles. The van der Waals surface area contributed by atoms with Gasteiger partial charge in [-0.2, -0.15) is 0 Å². The van der Waals surface area contributed by atoms with Crippen LogP contribution in [0.15, 0.2) is 23.3 Å². The summed E-state index contributed by atoms with van der Waals surface area (Å²) < 4.78 is 4.47. The van der Waals surface area contributed by atoms with Gasteiger partial charge in [0.2, 0.25) is 0 Å². The predicted octanol–water partition coefficient (Wildman–Crippen LogP) is -5.32. The zero-order chi connectivity index (χ0) is 3.54. The van der Waals surface area contributed by atoms with Crippen molar-refractivity contribution in [3.8, 4) is 0 Å². The average Bonchev–Trinajstić information content (AvgIpc) is 1.76. The third-order valence-corrected chi connectivity index (χ3v) is 0.347. The summed E-state index contributed by atoms with van der Waals surface area (Å²) in [7, 11) is 0. The SMILES string of the molecule is [Cl-].[Na+].c1cocn1. The van der Waals surface area contributed by atoms with E-state index in [0.717, 1.165) is 0 Å². The molecule has 0 unspecified atom stereocenters. The molecule has 1 rings (SSSR count). The molecule has 0 saturated carbocycles. The Morgan fingerprint density at radius 3 is 2.29 bits per heavy atom. The van der Waals surface area contributed by atoms with E-state index in [1.807, 2.05) is 0 Å². The van der Waals surface area contributed by atoms with E-state index >= 15 is 0 Å². The van der Waals surface area contributed by atoms with E-state index < -0.39 is 0 Å². The number of hydrogen-bond donors (Lipinski definition) is 0. The second-order valence-electron chi connectivity index (χ2n) is 0.676. The van der Waals surface area contributed by atoms with Crippen molar-refractivity contribution in [2.45, 2.75) is 0 Å². The fraction of sp³-hybridized carbons (Fsp3) is 0. The molecule has 0 N–H and O–H groups in total. The molecule has 4 heteroatoms. The van der Waals surface area contributed by atoms with Crippen molar-refractivity contribution in [1.29, 1.82) is 0 Å². The van der Waals surface area contributed by atoms with Crippen molar-refractivity contribution < 1.29 is 46.4 Å². The summed E-state index contributed by atoms with van der Waals surface area (Å²) in [6, 6.07) is 0. The minimum atomic E-state index is 0. The van der Waals surface area contributed by atoms with Gasteiger partial charge in [-0.05, 0) is 0 Å². The van der Waals surface area contributed by atoms with Crippen LogP contribution >= 0.6 is 0 Å². The molecule has 0 aliphatic carbocycles. The second kappa shape index (κ2) is 6.50. The molecule has 1 heterocycles. The van der Waals surface area contributed by atoms with Crippen molar-refractivity contribution in [3.05, 3.63) is 18.9 Å². The number of halogens is 1. The molecule has 0 aliphatic heterocycles. The largest absolute Gasteiger partial charge is 1.00 e. The maximum atomic E-state index is 4.47. The summed E-state index contributed by atoms with van der Waals surface area (Å²) in [4.78, 5) is 3.56. The normalized spacial score (nSPS) is 5.71. The topological polar surface area (TPSA) is 26.0 Å². The van der Waals surface area contributed by atoms with Gasteiger partial charge < -0.3 is 16.8 Å². The molecule has 0 fully saturated rings. The molecule has 0 atom stereocenters. The van der Waals surface area contributed by atoms with Gasteiger partial charge in [-0.15, -0.1) is 0 Å². The van der Waals surface area contributed by atoms with Crippen LogP contribution < -0.4 is 42.0 Å². The van der Waals surface area contributed by atoms with Crippen LogP contribution in [-0.2, 0) is 0 Å². The summed E-state index contributed by atoms with van der Waals surface area (Å²) >= 11 is 0. The van der Waals surface area contributed by atoms with Crippen molar-refractivity contribution in [2.24, 2.45) is 0 Å². The van der Waals surface area contributed by atoms with Crippen molar-refractivity contribution >= 4 is 0 Å². The van der Waals surface area contributed by atoms with E-state index in [1.54, 1.807) is 6.20 Å². The van der Waals surface area contributed by atoms with Crippen LogP contribution in [0, 0.1) is 0 Å². The van der Waals surface area contributed by atoms with E-state index in [0.29, 0.717) is 0 Å². The first-order chi connectivity index (χ1) is 2.50. The van der Waals surface area contributed by atoms with E-state index in [9.17, 15) is 0 Å². The average molecular weight is 128 g/mol. The van der Waals surface area contributed by atoms with Gasteiger partial charge in [-0.3, -0.25) is 0 Å². The molecule has 0 radical (unpaired) electrons. The minimum Gasteiger partial charge on any atom is -1.00 e. The van der Waals surface area contributed by atoms with Gasteiger partial charge in [0.15, 0.2) is 6.39 Å². The van der Waals surface area contributed by atoms with Crippen LogP contribution in [0.5, 0.6) is 0 Å². The molecule has 0 saturated heterocycles. The molecule has 34 valence electrons. The summed E-state index contributed by atoms with van der Waals surface area (Å²) in [6.07, 6.45) is 4.47. The van der Waals surface area contributed by atoms with Crippen molar-refractivity contribution in [3.63, 3.8) is 0 Å². The molecule has 1 aromatic heterocycles. The molecular weight excluding hydrogens is 124 g/mol. The number of aromatic nitrogens is 1. The summed E-state index contributed by atoms with van der Waals surface area (Å²) in [5.74, 6) is 0. The van der Waals surface area contributed by atoms with Crippen LogP contribution in [0.3, 0.4) is 0 Å². The van der Waals surface area contributed by atoms with Crippen LogP contribution in [0.25, 0.3) is 0 Å². The quantitative estimate of drug-likeness (QED) is 0.326. The first-order valence-electron chi connectivity index (χ1n) is 1.32. The molecule has 0 amide bonds. The van der Waals surface area contributed by atoms with Gasteiger partial charge in [0.25, 0.3) is 0 Å². The third kappa shape index (κ3) is 4.35. The van der Waals surface area contributed by atoms with Gasteiger partial charge in [0, 0.05) is 0 Å². The molecule has 0 spiro atoms. The summed E-state index contributed by atoms with van der Waals surface area (Å²) in [5.41, 5.74) is 0. The van der Waals surface area contributed by atoms with Gasteiger partial charge >= 0.3 is 29.6 Å². The van der Waals surface area contributed by atoms with Crippen molar-refractivity contribution in [2.75, 3.05) is 0 Å². The standard InChI is InChI=1S/C3H3NO.ClH.Na/c1-2-5-3-4-1;;/h1-3H;1H;/q;;+1/p-1. The minimum absolute atomic E-state index is 0. The van der Waals surface area contributed by atoms with E-state index in [-0.39, 0.29) is 42.0 Å². The zero-order valence-electron chi connectivity index (χ0n) is 3.97. The number of nitrogens with zero attached hydrogens (tertiary/aromatic N) is 1. The summed E-state index contributed by atoms with van der Waals surface area (Å²) in [6.45, 7) is 0.